The highest BCUT2D eigenvalue weighted by Crippen LogP contribution is 2.45. The predicted octanol–water partition coefficient (Wildman–Crippen LogP) is 14.8. The second-order valence-electron chi connectivity index (χ2n) is 15.5. The monoisotopic (exact) mass is 749 g/mol. The summed E-state index contributed by atoms with van der Waals surface area (Å²) in [6.07, 6.45) is 0. The lowest BCUT2D eigenvalue weighted by Gasteiger charge is -2.17. The third kappa shape index (κ3) is 4.81. The van der Waals surface area contributed by atoms with Crippen LogP contribution in [0.25, 0.3) is 132 Å². The number of benzene rings is 10. The second-order valence-corrected chi connectivity index (χ2v) is 15.5. The molecule has 0 unspecified atom stereocenters. The van der Waals surface area contributed by atoms with Crippen LogP contribution in [0.4, 0.5) is 0 Å². The summed E-state index contributed by atoms with van der Waals surface area (Å²) in [7, 11) is 0. The number of nitrogens with zero attached hydrogens (tertiary/aromatic N) is 3. The van der Waals surface area contributed by atoms with Crippen molar-refractivity contribution >= 4 is 86.6 Å². The normalized spacial score (nSPS) is 12.1. The summed E-state index contributed by atoms with van der Waals surface area (Å²) >= 11 is 0. The van der Waals surface area contributed by atoms with Crippen LogP contribution in [-0.4, -0.2) is 15.0 Å². The van der Waals surface area contributed by atoms with Crippen LogP contribution in [0.5, 0.6) is 0 Å². The fourth-order valence-corrected chi connectivity index (χ4v) is 9.58. The molecule has 4 nitrogen and oxygen atoms in total. The molecule has 0 saturated heterocycles. The van der Waals surface area contributed by atoms with E-state index in [9.17, 15) is 0 Å². The Labute approximate surface area is 338 Å². The van der Waals surface area contributed by atoms with Crippen molar-refractivity contribution in [2.45, 2.75) is 0 Å². The zero-order valence-electron chi connectivity index (χ0n) is 31.6. The standard InChI is InChI=1S/C55H31N3O/c1-2-11-35(12-3-1)53-56-54(58-55(57-53)45-18-5-4-16-39(45)36-27-28-41-40-17-6-7-22-47(40)59-48(41)31-36)38-29-37-26-25-34-14-9-20-43-42-19-8-13-32-23-24-33-15-10-21-44(51(33)49(32)42)46(30-38)52(37)50(34)43/h1-31H. The summed E-state index contributed by atoms with van der Waals surface area (Å²) in [5, 5.41) is 17.0. The van der Waals surface area contributed by atoms with Gasteiger partial charge in [-0.25, -0.2) is 15.0 Å². The van der Waals surface area contributed by atoms with Crippen molar-refractivity contribution in [2.24, 2.45) is 0 Å². The van der Waals surface area contributed by atoms with E-state index in [2.05, 4.69) is 158 Å². The average Bonchev–Trinajstić information content (AvgIpc) is 3.68. The first-order chi connectivity index (χ1) is 29.2. The van der Waals surface area contributed by atoms with Crippen LogP contribution in [0.3, 0.4) is 0 Å². The van der Waals surface area contributed by atoms with Gasteiger partial charge in [-0.1, -0.05) is 158 Å². The van der Waals surface area contributed by atoms with Crippen molar-refractivity contribution in [1.29, 1.82) is 0 Å². The zero-order valence-corrected chi connectivity index (χ0v) is 31.6. The second kappa shape index (κ2) is 12.3. The molecule has 2 heterocycles. The summed E-state index contributed by atoms with van der Waals surface area (Å²) in [4.78, 5) is 15.8. The van der Waals surface area contributed by atoms with Crippen molar-refractivity contribution in [3.8, 4) is 45.3 Å². The Hall–Kier alpha value is -7.95. The third-order valence-electron chi connectivity index (χ3n) is 12.2. The number of rotatable bonds is 4. The molecular weight excluding hydrogens is 719 g/mol. The summed E-state index contributed by atoms with van der Waals surface area (Å²) in [6, 6.07) is 67.0. The van der Waals surface area contributed by atoms with E-state index in [-0.39, 0.29) is 0 Å². The number of hydrogen-bond acceptors (Lipinski definition) is 4. The molecule has 272 valence electrons. The first-order valence-corrected chi connectivity index (χ1v) is 20.0. The molecule has 0 spiro atoms. The molecule has 11 aromatic carbocycles. The lowest BCUT2D eigenvalue weighted by molar-refractivity contribution is 0.669. The van der Waals surface area contributed by atoms with Crippen LogP contribution in [0, 0.1) is 0 Å². The van der Waals surface area contributed by atoms with Gasteiger partial charge in [-0.05, 0) is 106 Å². The average molecular weight is 750 g/mol. The highest BCUT2D eigenvalue weighted by Gasteiger charge is 2.20. The van der Waals surface area contributed by atoms with Crippen LogP contribution >= 0.6 is 0 Å². The van der Waals surface area contributed by atoms with Crippen molar-refractivity contribution < 1.29 is 4.42 Å². The molecule has 59 heavy (non-hydrogen) atoms. The molecule has 0 fully saturated rings. The predicted molar refractivity (Wildman–Crippen MR) is 245 cm³/mol. The van der Waals surface area contributed by atoms with Crippen molar-refractivity contribution in [3.05, 3.63) is 188 Å². The van der Waals surface area contributed by atoms with Gasteiger partial charge in [0, 0.05) is 27.5 Å². The molecule has 0 N–H and O–H groups in total. The molecule has 0 amide bonds. The largest absolute Gasteiger partial charge is 0.456 e. The minimum atomic E-state index is 0.610. The molecule has 2 aromatic heterocycles. The van der Waals surface area contributed by atoms with E-state index in [4.69, 9.17) is 19.4 Å². The van der Waals surface area contributed by atoms with Crippen LogP contribution in [0.2, 0.25) is 0 Å². The minimum Gasteiger partial charge on any atom is -0.456 e. The molecule has 0 saturated carbocycles. The summed E-state index contributed by atoms with van der Waals surface area (Å²) in [5.41, 5.74) is 6.56. The van der Waals surface area contributed by atoms with Gasteiger partial charge in [0.05, 0.1) is 0 Å². The van der Waals surface area contributed by atoms with Gasteiger partial charge in [0.25, 0.3) is 0 Å². The zero-order chi connectivity index (χ0) is 38.6. The summed E-state index contributed by atoms with van der Waals surface area (Å²) < 4.78 is 6.34. The maximum atomic E-state index is 6.34. The molecule has 4 heteroatoms. The lowest BCUT2D eigenvalue weighted by atomic mass is 9.87. The number of hydrogen-bond donors (Lipinski definition) is 0. The van der Waals surface area contributed by atoms with E-state index in [0.29, 0.717) is 17.5 Å². The van der Waals surface area contributed by atoms with E-state index >= 15 is 0 Å². The minimum absolute atomic E-state index is 0.610. The van der Waals surface area contributed by atoms with E-state index < -0.39 is 0 Å². The maximum Gasteiger partial charge on any atom is 0.164 e. The van der Waals surface area contributed by atoms with Crippen LogP contribution in [0.15, 0.2) is 192 Å². The SMILES string of the molecule is c1ccc(-c2nc(-c3cc4ccc5cccc6c7cccc8ccc9cccc(c(c3)c4c56)c9c87)nc(-c3ccccc3-c3ccc4c(c3)oc3ccccc34)n2)cc1. The van der Waals surface area contributed by atoms with Crippen LogP contribution in [0.1, 0.15) is 0 Å². The number of furan rings is 1. The summed E-state index contributed by atoms with van der Waals surface area (Å²) in [6.45, 7) is 0. The van der Waals surface area contributed by atoms with Gasteiger partial charge in [0.2, 0.25) is 0 Å². The molecule has 0 atom stereocenters. The van der Waals surface area contributed by atoms with E-state index in [1.165, 1.54) is 59.2 Å². The number of fused-ring (bicyclic) bond motifs is 5. The molecule has 13 aromatic rings. The molecular formula is C55H31N3O. The van der Waals surface area contributed by atoms with E-state index in [1.54, 1.807) is 0 Å². The molecule has 0 radical (unpaired) electrons. The fraction of sp³-hybridized carbons (Fsp3) is 0. The quantitative estimate of drug-likeness (QED) is 0.168. The van der Waals surface area contributed by atoms with Gasteiger partial charge in [-0.15, -0.1) is 0 Å². The fourth-order valence-electron chi connectivity index (χ4n) is 9.58. The number of para-hydroxylation sites is 1. The Bertz CT molecular complexity index is 3840. The topological polar surface area (TPSA) is 51.8 Å². The smallest absolute Gasteiger partial charge is 0.164 e. The van der Waals surface area contributed by atoms with E-state index in [1.807, 2.05) is 30.3 Å². The van der Waals surface area contributed by atoms with E-state index in [0.717, 1.165) is 55.1 Å². The summed E-state index contributed by atoms with van der Waals surface area (Å²) in [5.74, 6) is 1.85. The first-order valence-electron chi connectivity index (χ1n) is 20.0. The molecule has 0 bridgehead atoms. The Balaban J connectivity index is 1.10. The van der Waals surface area contributed by atoms with Gasteiger partial charge in [0.1, 0.15) is 11.2 Å². The van der Waals surface area contributed by atoms with Crippen LogP contribution < -0.4 is 0 Å². The maximum absolute atomic E-state index is 6.34. The van der Waals surface area contributed by atoms with Gasteiger partial charge in [0.15, 0.2) is 17.5 Å². The van der Waals surface area contributed by atoms with Gasteiger partial charge < -0.3 is 4.42 Å². The first kappa shape index (κ1) is 32.2. The van der Waals surface area contributed by atoms with Crippen molar-refractivity contribution in [3.63, 3.8) is 0 Å². The Morgan fingerprint density at radius 3 is 1.51 bits per heavy atom. The molecule has 0 aliphatic rings. The molecule has 0 aliphatic carbocycles. The highest BCUT2D eigenvalue weighted by molar-refractivity contribution is 6.37. The highest BCUT2D eigenvalue weighted by atomic mass is 16.3. The van der Waals surface area contributed by atoms with Crippen LogP contribution in [-0.2, 0) is 0 Å². The Morgan fingerprint density at radius 1 is 0.271 bits per heavy atom. The third-order valence-corrected chi connectivity index (χ3v) is 12.2. The van der Waals surface area contributed by atoms with Gasteiger partial charge in [-0.3, -0.25) is 0 Å². The molecule has 0 aliphatic heterocycles. The lowest BCUT2D eigenvalue weighted by Crippen LogP contribution is -2.01. The Morgan fingerprint density at radius 2 is 0.797 bits per heavy atom. The number of aromatic nitrogens is 3. The van der Waals surface area contributed by atoms with Crippen molar-refractivity contribution in [1.82, 2.24) is 15.0 Å². The van der Waals surface area contributed by atoms with Gasteiger partial charge >= 0.3 is 0 Å². The van der Waals surface area contributed by atoms with Crippen molar-refractivity contribution in [2.75, 3.05) is 0 Å². The Kier molecular flexibility index (Phi) is 6.69. The van der Waals surface area contributed by atoms with Gasteiger partial charge in [-0.2, -0.15) is 0 Å². The molecule has 13 rings (SSSR count).